The molecule has 19 aromatic rings. The lowest BCUT2D eigenvalue weighted by molar-refractivity contribution is 1.21. The van der Waals surface area contributed by atoms with Crippen LogP contribution >= 0.6 is 0 Å². The van der Waals surface area contributed by atoms with Crippen molar-refractivity contribution in [3.8, 4) is 0 Å². The summed E-state index contributed by atoms with van der Waals surface area (Å²) in [6.45, 7) is 8.20. The van der Waals surface area contributed by atoms with Gasteiger partial charge in [0.1, 0.15) is 0 Å². The topological polar surface area (TPSA) is 100.0 Å². The molecule has 12 aromatic carbocycles. The van der Waals surface area contributed by atoms with Crippen LogP contribution in [-0.2, 0) is 0 Å². The maximum atomic E-state index is 3.78. The number of rotatable bonds is 6. The summed E-state index contributed by atoms with van der Waals surface area (Å²) in [5.41, 5.74) is 9.87. The summed E-state index contributed by atoms with van der Waals surface area (Å²) in [4.78, 5) is 33.1. The number of anilines is 6. The molecule has 0 aliphatic rings. The normalized spacial score (nSPS) is 9.34. The quantitative estimate of drug-likeness (QED) is 0.160. The summed E-state index contributed by atoms with van der Waals surface area (Å²) >= 11 is 0. The molecule has 0 unspecified atom stereocenters. The standard InChI is InChI=1S/C21H17N.C17H15N.C13H13N.C11H10.C7H8.7C5H5N.C2H6/c1-22(20-12-10-16-6-2-4-8-18(16)14-20)21-13-11-17-7-3-5-9-19(17)15-21;1-18(16-9-3-2-4-10-16)17-12-11-14-7-5-6-8-15(14)13-17;1-14(12-8-4-2-5-9-12)13-10-6-3-7-11-13;1-9-6-7-10-4-2-3-5-11(10)8-9;1-7-5-3-2-4-6-7;7*1-2-4-6-5-3-1;1-2/h2-15H,1H3;2-13H,1H3;2-11H,1H3;2-8H,1H3;2-6H,1H3;7*1-5H;1-2H3. The first-order chi connectivity index (χ1) is 57.3. The third-order valence-corrected chi connectivity index (χ3v) is 16.6. The van der Waals surface area contributed by atoms with Gasteiger partial charge in [0.15, 0.2) is 0 Å². The minimum absolute atomic E-state index is 1.20. The Hall–Kier alpha value is -14.9. The van der Waals surface area contributed by atoms with Gasteiger partial charge in [0, 0.05) is 142 Å². The summed E-state index contributed by atoms with van der Waals surface area (Å²) < 4.78 is 0. The number of aromatic nitrogens is 7. The molecule has 0 saturated heterocycles. The summed E-state index contributed by atoms with van der Waals surface area (Å²) in [7, 11) is 6.29. The van der Waals surface area contributed by atoms with Gasteiger partial charge in [-0.15, -0.1) is 0 Å². The van der Waals surface area contributed by atoms with Crippen LogP contribution in [0.4, 0.5) is 34.1 Å². The fourth-order valence-corrected chi connectivity index (χ4v) is 10.6. The van der Waals surface area contributed by atoms with Crippen LogP contribution in [0.5, 0.6) is 0 Å². The molecule has 19 rings (SSSR count). The minimum Gasteiger partial charge on any atom is -0.345 e. The van der Waals surface area contributed by atoms with Crippen LogP contribution < -0.4 is 14.7 Å². The Balaban J connectivity index is 0.000000181. The van der Waals surface area contributed by atoms with E-state index < -0.39 is 0 Å². The van der Waals surface area contributed by atoms with E-state index in [1.807, 2.05) is 178 Å². The van der Waals surface area contributed by atoms with E-state index in [0.717, 1.165) is 0 Å². The molecule has 0 amide bonds. The lowest BCUT2D eigenvalue weighted by Crippen LogP contribution is -2.09. The highest BCUT2D eigenvalue weighted by atomic mass is 15.1. The van der Waals surface area contributed by atoms with Gasteiger partial charge >= 0.3 is 0 Å². The zero-order valence-electron chi connectivity index (χ0n) is 67.4. The van der Waals surface area contributed by atoms with Gasteiger partial charge in [0.2, 0.25) is 0 Å². The van der Waals surface area contributed by atoms with Gasteiger partial charge in [0.25, 0.3) is 0 Å². The zero-order chi connectivity index (χ0) is 81.6. The van der Waals surface area contributed by atoms with Crippen molar-refractivity contribution in [3.05, 3.63) is 516 Å². The molecule has 7 heterocycles. The van der Waals surface area contributed by atoms with Crippen LogP contribution in [0.25, 0.3) is 43.1 Å². The van der Waals surface area contributed by atoms with Crippen molar-refractivity contribution in [1.29, 1.82) is 0 Å². The van der Waals surface area contributed by atoms with E-state index in [1.165, 1.54) is 88.3 Å². The van der Waals surface area contributed by atoms with Crippen molar-refractivity contribution < 1.29 is 0 Å². The smallest absolute Gasteiger partial charge is 0.0414 e. The van der Waals surface area contributed by atoms with Crippen molar-refractivity contribution >= 4 is 77.2 Å². The van der Waals surface area contributed by atoms with Gasteiger partial charge in [-0.05, 0) is 215 Å². The van der Waals surface area contributed by atoms with E-state index >= 15 is 0 Å². The van der Waals surface area contributed by atoms with E-state index in [9.17, 15) is 0 Å². The molecule has 116 heavy (non-hydrogen) atoms. The molecule has 7 aromatic heterocycles. The van der Waals surface area contributed by atoms with E-state index in [-0.39, 0.29) is 0 Å². The van der Waals surface area contributed by atoms with Crippen LogP contribution in [0.2, 0.25) is 0 Å². The summed E-state index contributed by atoms with van der Waals surface area (Å²) in [6.07, 6.45) is 24.5. The molecule has 10 nitrogen and oxygen atoms in total. The number of para-hydroxylation sites is 3. The molecule has 0 radical (unpaired) electrons. The third-order valence-electron chi connectivity index (χ3n) is 16.6. The van der Waals surface area contributed by atoms with Gasteiger partial charge in [-0.3, -0.25) is 34.9 Å². The average molecular weight is 1520 g/mol. The molecule has 578 valence electrons. The van der Waals surface area contributed by atoms with Gasteiger partial charge in [-0.25, -0.2) is 0 Å². The first kappa shape index (κ1) is 88.3. The van der Waals surface area contributed by atoms with Crippen LogP contribution in [0.1, 0.15) is 25.0 Å². The van der Waals surface area contributed by atoms with Crippen LogP contribution in [-0.4, -0.2) is 56.0 Å². The molecule has 0 atom stereocenters. The second-order valence-corrected chi connectivity index (χ2v) is 25.0. The van der Waals surface area contributed by atoms with Crippen molar-refractivity contribution in [2.24, 2.45) is 0 Å². The Kier molecular flexibility index (Phi) is 42.9. The van der Waals surface area contributed by atoms with E-state index in [0.29, 0.717) is 0 Å². The number of nitrogens with zero attached hydrogens (tertiary/aromatic N) is 10. The summed E-state index contributed by atoms with van der Waals surface area (Å²) in [6, 6.07) is 141. The number of aryl methyl sites for hydroxylation is 2. The molecule has 0 aliphatic carbocycles. The molecular weight excluding hydrogens is 1410 g/mol. The van der Waals surface area contributed by atoms with Crippen molar-refractivity contribution in [1.82, 2.24) is 34.9 Å². The van der Waals surface area contributed by atoms with Crippen LogP contribution in [0, 0.1) is 13.8 Å². The Morgan fingerprint density at radius 2 is 0.319 bits per heavy atom. The first-order valence-corrected chi connectivity index (χ1v) is 38.5. The molecule has 0 bridgehead atoms. The first-order valence-electron chi connectivity index (χ1n) is 38.5. The maximum absolute atomic E-state index is 3.78. The van der Waals surface area contributed by atoms with Gasteiger partial charge in [-0.2, -0.15) is 0 Å². The predicted molar refractivity (Wildman–Crippen MR) is 496 cm³/mol. The van der Waals surface area contributed by atoms with Crippen LogP contribution in [0.3, 0.4) is 0 Å². The Morgan fingerprint density at radius 1 is 0.147 bits per heavy atom. The van der Waals surface area contributed by atoms with Crippen molar-refractivity contribution in [3.63, 3.8) is 0 Å². The van der Waals surface area contributed by atoms with Crippen LogP contribution in [0.15, 0.2) is 505 Å². The lowest BCUT2D eigenvalue weighted by Gasteiger charge is -2.20. The maximum Gasteiger partial charge on any atom is 0.0414 e. The summed E-state index contributed by atoms with van der Waals surface area (Å²) in [5.74, 6) is 0. The lowest BCUT2D eigenvalue weighted by atomic mass is 10.1. The highest BCUT2D eigenvalue weighted by Gasteiger charge is 2.07. The fourth-order valence-electron chi connectivity index (χ4n) is 10.6. The number of fused-ring (bicyclic) bond motifs is 4. The Morgan fingerprint density at radius 3 is 0.517 bits per heavy atom. The number of benzene rings is 12. The third kappa shape index (κ3) is 35.9. The second-order valence-electron chi connectivity index (χ2n) is 25.0. The van der Waals surface area contributed by atoms with Crippen molar-refractivity contribution in [2.45, 2.75) is 27.7 Å². The fraction of sp³-hybridized carbons (Fsp3) is 0.0660. The van der Waals surface area contributed by atoms with Gasteiger partial charge < -0.3 is 14.7 Å². The molecule has 0 aliphatic heterocycles. The molecule has 0 N–H and O–H groups in total. The Labute approximate surface area is 687 Å². The van der Waals surface area contributed by atoms with Gasteiger partial charge in [0.05, 0.1) is 0 Å². The molecule has 0 fully saturated rings. The molecule has 0 saturated carbocycles. The highest BCUT2D eigenvalue weighted by molar-refractivity contribution is 5.90. The predicted octanol–water partition coefficient (Wildman–Crippen LogP) is 27.6. The second kappa shape index (κ2) is 56.4. The monoisotopic (exact) mass is 1520 g/mol. The van der Waals surface area contributed by atoms with Gasteiger partial charge in [-0.1, -0.05) is 286 Å². The Bertz CT molecular complexity index is 4890. The highest BCUT2D eigenvalue weighted by Crippen LogP contribution is 2.31. The molecule has 0 spiro atoms. The number of hydrogen-bond donors (Lipinski definition) is 0. The largest absolute Gasteiger partial charge is 0.345 e. The molecular formula is C106H104N10. The SMILES string of the molecule is CC.CN(c1ccc2ccccc2c1)c1ccc2ccccc2c1.CN(c1ccccc1)c1ccc2ccccc2c1.CN(c1ccccc1)c1ccccc1.Cc1ccc2ccccc2c1.Cc1ccccc1.c1ccncc1.c1ccncc1.c1ccncc1.c1ccncc1.c1ccncc1.c1ccncc1.c1ccncc1. The van der Waals surface area contributed by atoms with E-state index in [4.69, 9.17) is 0 Å². The average Bonchev–Trinajstić information content (AvgIpc) is 0.810. The van der Waals surface area contributed by atoms with E-state index in [1.54, 1.807) is 86.8 Å². The van der Waals surface area contributed by atoms with E-state index in [2.05, 4.69) is 339 Å². The minimum atomic E-state index is 1.20. The molecule has 10 heteroatoms. The number of pyridine rings is 7. The zero-order valence-corrected chi connectivity index (χ0v) is 67.4. The van der Waals surface area contributed by atoms with Crippen molar-refractivity contribution in [2.75, 3.05) is 35.8 Å². The summed E-state index contributed by atoms with van der Waals surface area (Å²) in [5, 5.41) is 10.3. The number of hydrogen-bond acceptors (Lipinski definition) is 10.